The van der Waals surface area contributed by atoms with Crippen LogP contribution in [0.1, 0.15) is 16.1 Å². The molecule has 0 unspecified atom stereocenters. The van der Waals surface area contributed by atoms with Crippen LogP contribution in [0.15, 0.2) is 28.9 Å². The molecule has 0 atom stereocenters. The first kappa shape index (κ1) is 12.0. The van der Waals surface area contributed by atoms with Gasteiger partial charge >= 0.3 is 0 Å². The van der Waals surface area contributed by atoms with E-state index in [0.717, 1.165) is 4.47 Å². The molecule has 0 saturated heterocycles. The van der Waals surface area contributed by atoms with Gasteiger partial charge in [0.15, 0.2) is 0 Å². The second kappa shape index (κ2) is 4.27. The van der Waals surface area contributed by atoms with Crippen molar-refractivity contribution in [3.63, 3.8) is 0 Å². The van der Waals surface area contributed by atoms with Crippen LogP contribution in [0, 0.1) is 0 Å². The lowest BCUT2D eigenvalue weighted by molar-refractivity contribution is -0.114. The highest BCUT2D eigenvalue weighted by Gasteiger charge is 2.36. The molecular weight excluding hydrogens is 312 g/mol. The Labute approximate surface area is 117 Å². The second-order valence-electron chi connectivity index (χ2n) is 4.27. The molecule has 0 radical (unpaired) electrons. The molecule has 19 heavy (non-hydrogen) atoms. The van der Waals surface area contributed by atoms with Crippen LogP contribution in [0.5, 0.6) is 0 Å². The first-order valence-corrected chi connectivity index (χ1v) is 6.36. The number of hydrogen-bond donors (Lipinski definition) is 0. The molecule has 1 aromatic heterocycles. The molecule has 6 nitrogen and oxygen atoms in total. The largest absolute Gasteiger partial charge is 0.299 e. The summed E-state index contributed by atoms with van der Waals surface area (Å²) in [5.74, 6) is -1.01. The third-order valence-corrected chi connectivity index (χ3v) is 3.40. The van der Waals surface area contributed by atoms with Crippen molar-refractivity contribution in [3.05, 3.63) is 40.1 Å². The molecule has 1 aromatic carbocycles. The van der Waals surface area contributed by atoms with Crippen LogP contribution < -0.4 is 4.90 Å². The second-order valence-corrected chi connectivity index (χ2v) is 5.18. The molecule has 1 amide bonds. The minimum Gasteiger partial charge on any atom is -0.299 e. The summed E-state index contributed by atoms with van der Waals surface area (Å²) < 4.78 is 2.33. The Morgan fingerprint density at radius 3 is 2.79 bits per heavy atom. The van der Waals surface area contributed by atoms with Gasteiger partial charge in [-0.2, -0.15) is 0 Å². The Hall–Kier alpha value is -2.02. The molecule has 1 aliphatic heterocycles. The van der Waals surface area contributed by atoms with Gasteiger partial charge in [-0.25, -0.2) is 0 Å². The summed E-state index contributed by atoms with van der Waals surface area (Å²) in [7, 11) is 1.75. The summed E-state index contributed by atoms with van der Waals surface area (Å²) >= 11 is 3.29. The zero-order valence-corrected chi connectivity index (χ0v) is 11.6. The molecule has 0 N–H and O–H groups in total. The number of aryl methyl sites for hydroxylation is 1. The lowest BCUT2D eigenvalue weighted by Crippen LogP contribution is -2.29. The first-order chi connectivity index (χ1) is 9.06. The molecule has 0 fully saturated rings. The fraction of sp³-hybridized carbons (Fsp3) is 0.167. The molecule has 96 valence electrons. The maximum atomic E-state index is 12.0. The van der Waals surface area contributed by atoms with E-state index in [1.165, 1.54) is 4.90 Å². The van der Waals surface area contributed by atoms with Gasteiger partial charge in [-0.1, -0.05) is 21.1 Å². The van der Waals surface area contributed by atoms with E-state index in [1.54, 1.807) is 36.1 Å². The summed E-state index contributed by atoms with van der Waals surface area (Å²) in [6.07, 6.45) is 1.72. The smallest absolute Gasteiger partial charge is 0.299 e. The fourth-order valence-electron chi connectivity index (χ4n) is 2.06. The van der Waals surface area contributed by atoms with E-state index in [1.807, 2.05) is 0 Å². The number of benzene rings is 1. The Morgan fingerprint density at radius 2 is 2.11 bits per heavy atom. The van der Waals surface area contributed by atoms with E-state index in [9.17, 15) is 9.59 Å². The Morgan fingerprint density at radius 1 is 1.32 bits per heavy atom. The van der Waals surface area contributed by atoms with Crippen LogP contribution in [-0.4, -0.2) is 26.7 Å². The predicted octanol–water partition coefficient (Wildman–Crippen LogP) is 1.31. The number of halogens is 1. The highest BCUT2D eigenvalue weighted by Crippen LogP contribution is 2.32. The van der Waals surface area contributed by atoms with Crippen molar-refractivity contribution in [2.24, 2.45) is 7.05 Å². The van der Waals surface area contributed by atoms with Gasteiger partial charge in [-0.15, -0.1) is 5.10 Å². The third-order valence-electron chi connectivity index (χ3n) is 2.90. The SMILES string of the molecule is Cn1cc(CN2C(=O)C(=O)c3cc(Br)ccc32)nn1. The molecule has 7 heteroatoms. The first-order valence-electron chi connectivity index (χ1n) is 5.57. The zero-order valence-electron chi connectivity index (χ0n) is 10.00. The van der Waals surface area contributed by atoms with Crippen molar-refractivity contribution in [3.8, 4) is 0 Å². The van der Waals surface area contributed by atoms with Crippen molar-refractivity contribution >= 4 is 33.3 Å². The van der Waals surface area contributed by atoms with Gasteiger partial charge in [-0.3, -0.25) is 19.2 Å². The van der Waals surface area contributed by atoms with E-state index in [0.29, 0.717) is 16.9 Å². The van der Waals surface area contributed by atoms with Gasteiger partial charge in [0.1, 0.15) is 5.69 Å². The molecule has 2 aromatic rings. The topological polar surface area (TPSA) is 68.1 Å². The lowest BCUT2D eigenvalue weighted by atomic mass is 10.1. The standard InChI is InChI=1S/C12H9BrN4O2/c1-16-5-8(14-15-16)6-17-10-3-2-7(13)4-9(10)11(18)12(17)19/h2-5H,6H2,1H3. The lowest BCUT2D eigenvalue weighted by Gasteiger charge is -2.14. The number of amides is 1. The van der Waals surface area contributed by atoms with E-state index in [-0.39, 0.29) is 6.54 Å². The normalized spacial score (nSPS) is 14.1. The van der Waals surface area contributed by atoms with Crippen LogP contribution in [-0.2, 0) is 18.4 Å². The minimum absolute atomic E-state index is 0.243. The van der Waals surface area contributed by atoms with Gasteiger partial charge in [0.05, 0.1) is 17.8 Å². The van der Waals surface area contributed by atoms with E-state index < -0.39 is 11.7 Å². The Kier molecular flexibility index (Phi) is 2.70. The summed E-state index contributed by atoms with van der Waals surface area (Å²) in [6.45, 7) is 0.243. The molecule has 0 bridgehead atoms. The molecule has 3 rings (SSSR count). The number of hydrogen-bond acceptors (Lipinski definition) is 4. The number of fused-ring (bicyclic) bond motifs is 1. The van der Waals surface area contributed by atoms with Crippen LogP contribution in [0.3, 0.4) is 0 Å². The summed E-state index contributed by atoms with van der Waals surface area (Å²) in [6, 6.07) is 5.21. The predicted molar refractivity (Wildman–Crippen MR) is 70.7 cm³/mol. The maximum Gasteiger partial charge on any atom is 0.299 e. The van der Waals surface area contributed by atoms with Gasteiger partial charge in [0.25, 0.3) is 11.7 Å². The van der Waals surface area contributed by atoms with Crippen molar-refractivity contribution in [2.75, 3.05) is 4.90 Å². The molecule has 0 saturated carbocycles. The van der Waals surface area contributed by atoms with Crippen LogP contribution in [0.2, 0.25) is 0 Å². The maximum absolute atomic E-state index is 12.0. The van der Waals surface area contributed by atoms with E-state index >= 15 is 0 Å². The number of rotatable bonds is 2. The molecule has 2 heterocycles. The summed E-state index contributed by atoms with van der Waals surface area (Å²) in [4.78, 5) is 25.3. The number of carbonyl (C=O) groups is 2. The quantitative estimate of drug-likeness (QED) is 0.782. The summed E-state index contributed by atoms with van der Waals surface area (Å²) in [5.41, 5.74) is 1.67. The Balaban J connectivity index is 1.99. The van der Waals surface area contributed by atoms with Gasteiger partial charge in [0.2, 0.25) is 0 Å². The van der Waals surface area contributed by atoms with Crippen molar-refractivity contribution < 1.29 is 9.59 Å². The minimum atomic E-state index is -0.529. The van der Waals surface area contributed by atoms with Crippen LogP contribution in [0.4, 0.5) is 5.69 Å². The average molecular weight is 321 g/mol. The highest BCUT2D eigenvalue weighted by molar-refractivity contribution is 9.10. The third kappa shape index (κ3) is 1.95. The van der Waals surface area contributed by atoms with Crippen molar-refractivity contribution in [2.45, 2.75) is 6.54 Å². The Bertz CT molecular complexity index is 695. The number of anilines is 1. The highest BCUT2D eigenvalue weighted by atomic mass is 79.9. The van der Waals surface area contributed by atoms with Gasteiger partial charge < -0.3 is 0 Å². The van der Waals surface area contributed by atoms with Crippen LogP contribution in [0.25, 0.3) is 0 Å². The number of ketones is 1. The van der Waals surface area contributed by atoms with Gasteiger partial charge in [-0.05, 0) is 18.2 Å². The van der Waals surface area contributed by atoms with Crippen molar-refractivity contribution in [1.82, 2.24) is 15.0 Å². The van der Waals surface area contributed by atoms with Crippen molar-refractivity contribution in [1.29, 1.82) is 0 Å². The average Bonchev–Trinajstić information content (AvgIpc) is 2.88. The molecular formula is C12H9BrN4O2. The molecule has 0 aliphatic carbocycles. The van der Waals surface area contributed by atoms with Crippen LogP contribution >= 0.6 is 15.9 Å². The fourth-order valence-corrected chi connectivity index (χ4v) is 2.42. The zero-order chi connectivity index (χ0) is 13.6. The number of aromatic nitrogens is 3. The summed E-state index contributed by atoms with van der Waals surface area (Å²) in [5, 5.41) is 7.74. The van der Waals surface area contributed by atoms with E-state index in [2.05, 4.69) is 26.2 Å². The molecule has 0 spiro atoms. The molecule has 1 aliphatic rings. The number of carbonyl (C=O) groups excluding carboxylic acids is 2. The monoisotopic (exact) mass is 320 g/mol. The number of nitrogens with zero attached hydrogens (tertiary/aromatic N) is 4. The number of Topliss-reactive ketones (excluding diaryl/α,β-unsaturated/α-hetero) is 1. The van der Waals surface area contributed by atoms with E-state index in [4.69, 9.17) is 0 Å². The van der Waals surface area contributed by atoms with Gasteiger partial charge in [0, 0.05) is 17.7 Å².